The molecule has 25 heavy (non-hydrogen) atoms. The highest BCUT2D eigenvalue weighted by atomic mass is 32.2. The number of hydrogen-bond donors (Lipinski definition) is 3. The second-order valence-corrected chi connectivity index (χ2v) is 8.54. The maximum atomic E-state index is 11.0. The molecule has 0 heterocycles. The van der Waals surface area contributed by atoms with Crippen LogP contribution in [0.25, 0.3) is 0 Å². The molecule has 6 nitrogen and oxygen atoms in total. The monoisotopic (exact) mass is 380 g/mol. The lowest BCUT2D eigenvalue weighted by atomic mass is 10.0. The fraction of sp³-hybridized carbons (Fsp3) is 0.944. The largest absolute Gasteiger partial charge is 0.478 e. The molecular weight excluding hydrogens is 344 g/mol. The molecule has 3 N–H and O–H groups in total. The van der Waals surface area contributed by atoms with Gasteiger partial charge in [0.25, 0.3) is 4.93 Å². The Bertz CT molecular complexity index is 448. The zero-order valence-electron chi connectivity index (χ0n) is 15.6. The van der Waals surface area contributed by atoms with E-state index in [0.29, 0.717) is 6.42 Å². The first-order chi connectivity index (χ1) is 11.8. The molecule has 0 aliphatic rings. The predicted molar refractivity (Wildman–Crippen MR) is 99.1 cm³/mol. The summed E-state index contributed by atoms with van der Waals surface area (Å²) in [5.74, 6) is -1.93. The quantitative estimate of drug-likeness (QED) is 0.253. The van der Waals surface area contributed by atoms with Crippen molar-refractivity contribution in [1.29, 1.82) is 0 Å². The van der Waals surface area contributed by atoms with Crippen LogP contribution in [0, 0.1) is 0 Å². The number of carboxylic acid groups (broad SMARTS) is 1. The number of aliphatic hydroxyl groups is 1. The van der Waals surface area contributed by atoms with Crippen molar-refractivity contribution in [2.45, 2.75) is 108 Å². The fourth-order valence-electron chi connectivity index (χ4n) is 2.91. The van der Waals surface area contributed by atoms with E-state index in [-0.39, 0.29) is 6.42 Å². The van der Waals surface area contributed by atoms with Gasteiger partial charge in [-0.15, -0.1) is 0 Å². The van der Waals surface area contributed by atoms with Gasteiger partial charge >= 0.3 is 16.1 Å². The summed E-state index contributed by atoms with van der Waals surface area (Å²) in [6.07, 6.45) is 15.1. The van der Waals surface area contributed by atoms with E-state index >= 15 is 0 Å². The Morgan fingerprint density at radius 3 is 1.36 bits per heavy atom. The third-order valence-corrected chi connectivity index (χ3v) is 5.86. The van der Waals surface area contributed by atoms with Crippen LogP contribution in [-0.4, -0.2) is 34.1 Å². The number of carbonyl (C=O) groups is 1. The molecule has 0 saturated carbocycles. The van der Waals surface area contributed by atoms with Gasteiger partial charge in [-0.2, -0.15) is 8.42 Å². The van der Waals surface area contributed by atoms with Crippen molar-refractivity contribution in [3.8, 4) is 0 Å². The molecule has 0 saturated heterocycles. The summed E-state index contributed by atoms with van der Waals surface area (Å²) in [6, 6.07) is 0. The highest BCUT2D eigenvalue weighted by Crippen LogP contribution is 2.22. The van der Waals surface area contributed by atoms with Gasteiger partial charge in [0.15, 0.2) is 0 Å². The minimum atomic E-state index is -5.03. The van der Waals surface area contributed by atoms with E-state index in [2.05, 4.69) is 6.92 Å². The van der Waals surface area contributed by atoms with Gasteiger partial charge in [0, 0.05) is 6.42 Å². The number of carboxylic acids is 1. The lowest BCUT2D eigenvalue weighted by Crippen LogP contribution is -2.46. The standard InChI is InChI=1S/C18H36O6S/c1-2-3-4-5-6-7-8-9-10-11-12-13-14-15-16-18(21,17(19)20)25(22,23)24/h21H,2-16H2,1H3,(H,19,20)(H,22,23,24). The second-order valence-electron chi connectivity index (χ2n) is 6.91. The molecular formula is C18H36O6S. The molecule has 0 radical (unpaired) electrons. The fourth-order valence-corrected chi connectivity index (χ4v) is 3.53. The third kappa shape index (κ3) is 10.8. The summed E-state index contributed by atoms with van der Waals surface area (Å²) in [7, 11) is -5.03. The second kappa shape index (κ2) is 13.5. The zero-order valence-corrected chi connectivity index (χ0v) is 16.4. The molecule has 150 valence electrons. The van der Waals surface area contributed by atoms with Crippen LogP contribution in [0.15, 0.2) is 0 Å². The normalized spacial score (nSPS) is 14.4. The Morgan fingerprint density at radius 2 is 1.08 bits per heavy atom. The lowest BCUT2D eigenvalue weighted by Gasteiger charge is -2.19. The highest BCUT2D eigenvalue weighted by molar-refractivity contribution is 7.87. The van der Waals surface area contributed by atoms with Gasteiger partial charge in [-0.25, -0.2) is 4.79 Å². The van der Waals surface area contributed by atoms with Gasteiger partial charge in [0.2, 0.25) is 0 Å². The van der Waals surface area contributed by atoms with Crippen molar-refractivity contribution in [3.63, 3.8) is 0 Å². The number of aliphatic carboxylic acids is 1. The van der Waals surface area contributed by atoms with Crippen molar-refractivity contribution < 1.29 is 28.0 Å². The van der Waals surface area contributed by atoms with Crippen molar-refractivity contribution >= 4 is 16.1 Å². The molecule has 1 unspecified atom stereocenters. The topological polar surface area (TPSA) is 112 Å². The van der Waals surface area contributed by atoms with E-state index < -0.39 is 27.4 Å². The smallest absolute Gasteiger partial charge is 0.354 e. The molecule has 0 spiro atoms. The predicted octanol–water partition coefficient (Wildman–Crippen LogP) is 4.52. The molecule has 1 atom stereocenters. The van der Waals surface area contributed by atoms with Crippen molar-refractivity contribution in [3.05, 3.63) is 0 Å². The summed E-state index contributed by atoms with van der Waals surface area (Å²) in [6.45, 7) is 2.22. The molecule has 0 aromatic heterocycles. The molecule has 7 heteroatoms. The minimum absolute atomic E-state index is 0.250. The molecule has 0 aromatic carbocycles. The van der Waals surface area contributed by atoms with Crippen LogP contribution in [-0.2, 0) is 14.9 Å². The van der Waals surface area contributed by atoms with Gasteiger partial charge in [-0.1, -0.05) is 90.4 Å². The maximum absolute atomic E-state index is 11.0. The van der Waals surface area contributed by atoms with Crippen molar-refractivity contribution in [1.82, 2.24) is 0 Å². The SMILES string of the molecule is CCCCCCCCCCCCCCCCC(O)(C(=O)O)S(=O)(=O)O. The van der Waals surface area contributed by atoms with E-state index in [1.165, 1.54) is 57.8 Å². The average Bonchev–Trinajstić information content (AvgIpc) is 2.53. The first kappa shape index (κ1) is 24.3. The maximum Gasteiger partial charge on any atom is 0.354 e. The molecule has 0 aliphatic carbocycles. The van der Waals surface area contributed by atoms with Crippen LogP contribution < -0.4 is 0 Å². The van der Waals surface area contributed by atoms with Crippen LogP contribution in [0.1, 0.15) is 103 Å². The zero-order chi connectivity index (χ0) is 19.2. The Balaban J connectivity index is 3.54. The van der Waals surface area contributed by atoms with E-state index in [9.17, 15) is 18.3 Å². The first-order valence-electron chi connectivity index (χ1n) is 9.68. The molecule has 0 aliphatic heterocycles. The Hall–Kier alpha value is -0.660. The van der Waals surface area contributed by atoms with Crippen LogP contribution in [0.3, 0.4) is 0 Å². The van der Waals surface area contributed by atoms with Crippen LogP contribution in [0.5, 0.6) is 0 Å². The van der Waals surface area contributed by atoms with E-state index in [4.69, 9.17) is 9.66 Å². The van der Waals surface area contributed by atoms with Crippen LogP contribution >= 0.6 is 0 Å². The van der Waals surface area contributed by atoms with Gasteiger partial charge in [0.1, 0.15) is 0 Å². The van der Waals surface area contributed by atoms with E-state index in [1.54, 1.807) is 0 Å². The highest BCUT2D eigenvalue weighted by Gasteiger charge is 2.48. The van der Waals surface area contributed by atoms with Gasteiger partial charge in [-0.3, -0.25) is 4.55 Å². The Kier molecular flexibility index (Phi) is 13.2. The third-order valence-electron chi connectivity index (χ3n) is 4.63. The van der Waals surface area contributed by atoms with Crippen LogP contribution in [0.2, 0.25) is 0 Å². The summed E-state index contributed by atoms with van der Waals surface area (Å²) < 4.78 is 30.8. The van der Waals surface area contributed by atoms with Crippen LogP contribution in [0.4, 0.5) is 0 Å². The summed E-state index contributed by atoms with van der Waals surface area (Å²) in [5, 5.41) is 18.4. The lowest BCUT2D eigenvalue weighted by molar-refractivity contribution is -0.151. The molecule has 0 amide bonds. The number of unbranched alkanes of at least 4 members (excludes halogenated alkanes) is 13. The Labute approximate surface area is 152 Å². The van der Waals surface area contributed by atoms with Gasteiger partial charge in [-0.05, 0) is 6.42 Å². The molecule has 0 fully saturated rings. The molecule has 0 aromatic rings. The summed E-state index contributed by atoms with van der Waals surface area (Å²) in [4.78, 5) is 7.76. The van der Waals surface area contributed by atoms with Gasteiger partial charge in [0.05, 0.1) is 0 Å². The average molecular weight is 381 g/mol. The Morgan fingerprint density at radius 1 is 0.760 bits per heavy atom. The molecule has 0 rings (SSSR count). The van der Waals surface area contributed by atoms with Crippen molar-refractivity contribution in [2.24, 2.45) is 0 Å². The first-order valence-corrected chi connectivity index (χ1v) is 11.1. The number of hydrogen-bond acceptors (Lipinski definition) is 4. The summed E-state index contributed by atoms with van der Waals surface area (Å²) >= 11 is 0. The number of rotatable bonds is 17. The minimum Gasteiger partial charge on any atom is -0.478 e. The van der Waals surface area contributed by atoms with E-state index in [0.717, 1.165) is 19.3 Å². The van der Waals surface area contributed by atoms with Gasteiger partial charge < -0.3 is 10.2 Å². The molecule has 0 bridgehead atoms. The van der Waals surface area contributed by atoms with Crippen molar-refractivity contribution in [2.75, 3.05) is 0 Å². The summed E-state index contributed by atoms with van der Waals surface area (Å²) in [5.41, 5.74) is 0. The van der Waals surface area contributed by atoms with E-state index in [1.807, 2.05) is 0 Å².